The molecule has 0 radical (unpaired) electrons. The number of esters is 1. The molecule has 6 rings (SSSR count). The fourth-order valence-electron chi connectivity index (χ4n) is 5.26. The van der Waals surface area contributed by atoms with Crippen LogP contribution < -0.4 is 14.3 Å². The maximum atomic E-state index is 13.8. The molecule has 0 unspecified atom stereocenters. The number of anilines is 2. The van der Waals surface area contributed by atoms with E-state index in [1.165, 1.54) is 92.6 Å². The van der Waals surface area contributed by atoms with Crippen molar-refractivity contribution in [1.82, 2.24) is 9.97 Å². The Labute approximate surface area is 323 Å². The van der Waals surface area contributed by atoms with Gasteiger partial charge in [0.1, 0.15) is 21.4 Å². The first-order chi connectivity index (χ1) is 26.8. The number of hydrogen-bond donors (Lipinski definition) is 1. The van der Waals surface area contributed by atoms with Crippen LogP contribution in [0.15, 0.2) is 156 Å². The van der Waals surface area contributed by atoms with Gasteiger partial charge < -0.3 is 10.5 Å². The van der Waals surface area contributed by atoms with Gasteiger partial charge in [0.2, 0.25) is 0 Å². The third kappa shape index (κ3) is 10.0. The molecule has 6 aromatic rings. The second kappa shape index (κ2) is 18.3. The summed E-state index contributed by atoms with van der Waals surface area (Å²) < 4.78 is 87.0. The minimum atomic E-state index is -3.99. The molecule has 0 aliphatic rings. The maximum Gasteiger partial charge on any atom is 0.337 e. The summed E-state index contributed by atoms with van der Waals surface area (Å²) in [5.74, 6) is -1.80. The molecule has 0 saturated carbocycles. The summed E-state index contributed by atoms with van der Waals surface area (Å²) >= 11 is 0. The Balaban J connectivity index is 0.000000214. The summed E-state index contributed by atoms with van der Waals surface area (Å²) in [6.45, 7) is -0.204. The smallest absolute Gasteiger partial charge is 0.337 e. The first-order valence-electron chi connectivity index (χ1n) is 16.7. The molecule has 0 atom stereocenters. The van der Waals surface area contributed by atoms with Crippen LogP contribution in [0.4, 0.5) is 20.2 Å². The SMILES string of the molecule is COC(=O)c1ccc(CN(c2cccc(F)c2)S(=O)(=O)c2cccnc2)cc1.NCC(=O)c1ccc(CN(c2cccc(F)c2)S(=O)(=O)c2cccnc2)cc1. The Bertz CT molecular complexity index is 2320. The van der Waals surface area contributed by atoms with E-state index < -0.39 is 37.7 Å². The van der Waals surface area contributed by atoms with E-state index in [0.29, 0.717) is 22.3 Å². The second-order valence-electron chi connectivity index (χ2n) is 11.9. The molecule has 288 valence electrons. The fraction of sp³-hybridized carbons (Fsp3) is 0.100. The Morgan fingerprint density at radius 2 is 1.05 bits per heavy atom. The monoisotopic (exact) mass is 799 g/mol. The number of ketones is 1. The standard InChI is InChI=1S/C20H18FN3O3S.C20H17FN2O4S/c21-17-3-1-4-18(11-17)24(28(26,27)19-5-2-10-23-13-19)14-15-6-8-16(9-7-15)20(25)12-22;1-27-20(24)16-9-7-15(8-10-16)14-23(18-5-2-4-17(21)12-18)28(25,26)19-6-3-11-22-13-19/h1-11,13H,12,14,22H2;2-13H,14H2,1H3. The third-order valence-corrected chi connectivity index (χ3v) is 11.6. The molecule has 0 spiro atoms. The largest absolute Gasteiger partial charge is 0.465 e. The van der Waals surface area contributed by atoms with Gasteiger partial charge in [-0.3, -0.25) is 23.4 Å². The number of methoxy groups -OCH3 is 1. The van der Waals surface area contributed by atoms with Gasteiger partial charge in [-0.15, -0.1) is 0 Å². The van der Waals surface area contributed by atoms with Gasteiger partial charge in [-0.25, -0.2) is 30.4 Å². The van der Waals surface area contributed by atoms with Crippen molar-refractivity contribution in [1.29, 1.82) is 0 Å². The van der Waals surface area contributed by atoms with Crippen LogP contribution in [0.2, 0.25) is 0 Å². The van der Waals surface area contributed by atoms with Gasteiger partial charge in [-0.2, -0.15) is 0 Å². The first-order valence-corrected chi connectivity index (χ1v) is 19.6. The van der Waals surface area contributed by atoms with Crippen molar-refractivity contribution in [2.75, 3.05) is 22.3 Å². The molecule has 16 heteroatoms. The molecule has 2 aromatic heterocycles. The Hall–Kier alpha value is -6.36. The van der Waals surface area contributed by atoms with Gasteiger partial charge in [0.15, 0.2) is 5.78 Å². The number of benzene rings is 4. The molecule has 0 aliphatic heterocycles. The number of halogens is 2. The van der Waals surface area contributed by atoms with Crippen molar-refractivity contribution in [3.8, 4) is 0 Å². The van der Waals surface area contributed by atoms with Crippen LogP contribution >= 0.6 is 0 Å². The van der Waals surface area contributed by atoms with Crippen LogP contribution in [-0.2, 0) is 37.9 Å². The summed E-state index contributed by atoms with van der Waals surface area (Å²) in [4.78, 5) is 31.0. The van der Waals surface area contributed by atoms with Crippen LogP contribution in [0, 0.1) is 11.6 Å². The van der Waals surface area contributed by atoms with Crippen LogP contribution in [0.3, 0.4) is 0 Å². The molecule has 12 nitrogen and oxygen atoms in total. The number of aromatic nitrogens is 2. The number of ether oxygens (including phenoxy) is 1. The van der Waals surface area contributed by atoms with Crippen molar-refractivity contribution in [2.24, 2.45) is 5.73 Å². The van der Waals surface area contributed by atoms with E-state index in [0.717, 1.165) is 20.7 Å². The molecule has 0 saturated heterocycles. The van der Waals surface area contributed by atoms with Gasteiger partial charge in [-0.1, -0.05) is 48.5 Å². The van der Waals surface area contributed by atoms with E-state index in [1.807, 2.05) is 0 Å². The quantitative estimate of drug-likeness (QED) is 0.105. The summed E-state index contributed by atoms with van der Waals surface area (Å²) in [7, 11) is -6.69. The lowest BCUT2D eigenvalue weighted by Gasteiger charge is -2.24. The van der Waals surface area contributed by atoms with E-state index in [1.54, 1.807) is 48.5 Å². The van der Waals surface area contributed by atoms with Crippen molar-refractivity contribution in [3.63, 3.8) is 0 Å². The zero-order chi connectivity index (χ0) is 40.3. The minimum absolute atomic E-state index is 0.00538. The maximum absolute atomic E-state index is 13.8. The molecule has 56 heavy (non-hydrogen) atoms. The summed E-state index contributed by atoms with van der Waals surface area (Å²) in [5, 5.41) is 0. The van der Waals surface area contributed by atoms with E-state index >= 15 is 0 Å². The average molecular weight is 800 g/mol. The molecule has 0 bridgehead atoms. The number of nitrogens with two attached hydrogens (primary N) is 1. The van der Waals surface area contributed by atoms with Crippen molar-refractivity contribution in [2.45, 2.75) is 22.9 Å². The number of hydrogen-bond acceptors (Lipinski definition) is 10. The van der Waals surface area contributed by atoms with Gasteiger partial charge in [-0.05, 0) is 83.9 Å². The topological polar surface area (TPSA) is 170 Å². The molecular formula is C40H35F2N5O7S2. The zero-order valence-corrected chi connectivity index (χ0v) is 31.4. The Morgan fingerprint density at radius 1 is 0.625 bits per heavy atom. The normalized spacial score (nSPS) is 11.1. The van der Waals surface area contributed by atoms with Crippen molar-refractivity contribution >= 4 is 43.2 Å². The Morgan fingerprint density at radius 3 is 1.41 bits per heavy atom. The molecule has 0 fully saturated rings. The van der Waals surface area contributed by atoms with Gasteiger partial charge in [0.05, 0.1) is 43.7 Å². The number of pyridine rings is 2. The number of Topliss-reactive ketones (excluding diaryl/α,β-unsaturated/α-hetero) is 1. The van der Waals surface area contributed by atoms with E-state index in [4.69, 9.17) is 5.73 Å². The molecule has 4 aromatic carbocycles. The van der Waals surface area contributed by atoms with Gasteiger partial charge in [0.25, 0.3) is 20.0 Å². The summed E-state index contributed by atoms with van der Waals surface area (Å²) in [5.41, 5.74) is 7.76. The van der Waals surface area contributed by atoms with E-state index in [9.17, 15) is 35.2 Å². The fourth-order valence-corrected chi connectivity index (χ4v) is 8.07. The molecule has 0 amide bonds. The predicted octanol–water partition coefficient (Wildman–Crippen LogP) is 6.16. The highest BCUT2D eigenvalue weighted by molar-refractivity contribution is 7.93. The lowest BCUT2D eigenvalue weighted by Crippen LogP contribution is -2.30. The molecule has 0 aliphatic carbocycles. The lowest BCUT2D eigenvalue weighted by molar-refractivity contribution is 0.0600. The molecule has 2 heterocycles. The first kappa shape index (κ1) is 40.8. The van der Waals surface area contributed by atoms with E-state index in [-0.39, 0.29) is 46.6 Å². The molecule has 2 N–H and O–H groups in total. The highest BCUT2D eigenvalue weighted by Crippen LogP contribution is 2.28. The van der Waals surface area contributed by atoms with Crippen molar-refractivity contribution in [3.05, 3.63) is 180 Å². The number of carbonyl (C=O) groups is 2. The summed E-state index contributed by atoms with van der Waals surface area (Å²) in [6, 6.07) is 29.4. The third-order valence-electron chi connectivity index (χ3n) is 8.13. The second-order valence-corrected chi connectivity index (χ2v) is 15.6. The van der Waals surface area contributed by atoms with Crippen LogP contribution in [0.1, 0.15) is 31.8 Å². The van der Waals surface area contributed by atoms with Crippen molar-refractivity contribution < 1.29 is 39.9 Å². The molecular weight excluding hydrogens is 765 g/mol. The van der Waals surface area contributed by atoms with Gasteiger partial charge >= 0.3 is 5.97 Å². The number of sulfonamides is 2. The van der Waals surface area contributed by atoms with E-state index in [2.05, 4.69) is 14.7 Å². The Kier molecular flexibility index (Phi) is 13.3. The minimum Gasteiger partial charge on any atom is -0.465 e. The average Bonchev–Trinajstić information content (AvgIpc) is 3.22. The number of rotatable bonds is 13. The van der Waals surface area contributed by atoms with Crippen LogP contribution in [0.5, 0.6) is 0 Å². The predicted molar refractivity (Wildman–Crippen MR) is 206 cm³/mol. The number of carbonyl (C=O) groups excluding carboxylic acids is 2. The highest BCUT2D eigenvalue weighted by atomic mass is 32.2. The highest BCUT2D eigenvalue weighted by Gasteiger charge is 2.27. The van der Waals surface area contributed by atoms with Crippen LogP contribution in [-0.4, -0.2) is 52.2 Å². The zero-order valence-electron chi connectivity index (χ0n) is 29.8. The lowest BCUT2D eigenvalue weighted by atomic mass is 10.1. The van der Waals surface area contributed by atoms with Crippen LogP contribution in [0.25, 0.3) is 0 Å². The summed E-state index contributed by atoms with van der Waals surface area (Å²) in [6.07, 6.45) is 5.42. The van der Waals surface area contributed by atoms with Gasteiger partial charge in [0, 0.05) is 30.4 Å². The number of nitrogens with zero attached hydrogens (tertiary/aromatic N) is 4.